The van der Waals surface area contributed by atoms with E-state index >= 15 is 0 Å². The van der Waals surface area contributed by atoms with Crippen LogP contribution in [0.4, 0.5) is 0 Å². The van der Waals surface area contributed by atoms with Crippen LogP contribution in [0.1, 0.15) is 24.2 Å². The van der Waals surface area contributed by atoms with Gasteiger partial charge >= 0.3 is 0 Å². The van der Waals surface area contributed by atoms with Crippen molar-refractivity contribution >= 4 is 16.6 Å². The quantitative estimate of drug-likeness (QED) is 0.407. The molecule has 0 radical (unpaired) electrons. The van der Waals surface area contributed by atoms with Crippen LogP contribution in [0.5, 0.6) is 17.2 Å². The first kappa shape index (κ1) is 19.5. The van der Waals surface area contributed by atoms with Crippen LogP contribution >= 0.6 is 0 Å². The first-order valence-electron chi connectivity index (χ1n) is 9.68. The molecular formula is C26H22O4. The standard InChI is InChI=1S/C26H22O4/c1-26(2,25(29)21-4-3-20-16-23(28)12-7-19(20)15-21)30-24-13-8-18(9-14-24)17-5-10-22(27)11-6-17/h3-16,27-28H,1-2H3. The Kier molecular flexibility index (Phi) is 4.92. The van der Waals surface area contributed by atoms with Crippen molar-refractivity contribution in [2.45, 2.75) is 19.4 Å². The van der Waals surface area contributed by atoms with Crippen molar-refractivity contribution in [3.05, 3.63) is 90.5 Å². The third kappa shape index (κ3) is 3.98. The highest BCUT2D eigenvalue weighted by atomic mass is 16.5. The lowest BCUT2D eigenvalue weighted by molar-refractivity contribution is 0.0584. The van der Waals surface area contributed by atoms with Gasteiger partial charge in [-0.3, -0.25) is 4.79 Å². The summed E-state index contributed by atoms with van der Waals surface area (Å²) in [5.74, 6) is 0.895. The van der Waals surface area contributed by atoms with Gasteiger partial charge in [0.1, 0.15) is 17.2 Å². The maximum atomic E-state index is 13.1. The number of ether oxygens (including phenoxy) is 1. The highest BCUT2D eigenvalue weighted by Crippen LogP contribution is 2.28. The second kappa shape index (κ2) is 7.56. The third-order valence-corrected chi connectivity index (χ3v) is 5.06. The van der Waals surface area contributed by atoms with E-state index in [0.29, 0.717) is 11.3 Å². The zero-order valence-corrected chi connectivity index (χ0v) is 16.8. The molecule has 4 rings (SSSR count). The number of hydrogen-bond donors (Lipinski definition) is 2. The first-order chi connectivity index (χ1) is 14.3. The summed E-state index contributed by atoms with van der Waals surface area (Å²) in [5.41, 5.74) is 1.48. The van der Waals surface area contributed by atoms with Crippen LogP contribution in [-0.4, -0.2) is 21.6 Å². The Morgan fingerprint density at radius 3 is 1.90 bits per heavy atom. The fourth-order valence-electron chi connectivity index (χ4n) is 3.43. The predicted molar refractivity (Wildman–Crippen MR) is 118 cm³/mol. The molecule has 0 aromatic heterocycles. The summed E-state index contributed by atoms with van der Waals surface area (Å²) < 4.78 is 6.03. The van der Waals surface area contributed by atoms with Crippen LogP contribution in [0.3, 0.4) is 0 Å². The van der Waals surface area contributed by atoms with Crippen molar-refractivity contribution in [2.24, 2.45) is 0 Å². The minimum absolute atomic E-state index is 0.125. The maximum Gasteiger partial charge on any atom is 0.205 e. The summed E-state index contributed by atoms with van der Waals surface area (Å²) in [6.07, 6.45) is 0. The molecule has 4 heteroatoms. The minimum Gasteiger partial charge on any atom is -0.508 e. The Morgan fingerprint density at radius 2 is 1.23 bits per heavy atom. The van der Waals surface area contributed by atoms with E-state index in [2.05, 4.69) is 0 Å². The summed E-state index contributed by atoms with van der Waals surface area (Å²) in [6, 6.07) is 24.9. The first-order valence-corrected chi connectivity index (χ1v) is 9.68. The molecule has 0 fully saturated rings. The van der Waals surface area contributed by atoms with E-state index in [4.69, 9.17) is 4.74 Å². The Bertz CT molecular complexity index is 1210. The fourth-order valence-corrected chi connectivity index (χ4v) is 3.43. The molecule has 0 bridgehead atoms. The molecule has 4 aromatic rings. The molecule has 4 aromatic carbocycles. The molecule has 0 unspecified atom stereocenters. The number of phenolic OH excluding ortho intramolecular Hbond substituents is 2. The van der Waals surface area contributed by atoms with E-state index < -0.39 is 5.60 Å². The van der Waals surface area contributed by atoms with Crippen molar-refractivity contribution in [1.29, 1.82) is 0 Å². The summed E-state index contributed by atoms with van der Waals surface area (Å²) in [7, 11) is 0. The molecule has 2 N–H and O–H groups in total. The summed E-state index contributed by atoms with van der Waals surface area (Å²) in [5, 5.41) is 20.8. The highest BCUT2D eigenvalue weighted by Gasteiger charge is 2.31. The molecule has 0 saturated carbocycles. The van der Waals surface area contributed by atoms with Crippen LogP contribution in [0.15, 0.2) is 84.9 Å². The molecule has 0 aliphatic heterocycles. The number of hydrogen-bond acceptors (Lipinski definition) is 4. The van der Waals surface area contributed by atoms with Crippen molar-refractivity contribution < 1.29 is 19.7 Å². The van der Waals surface area contributed by atoms with Crippen LogP contribution in [0.2, 0.25) is 0 Å². The Balaban J connectivity index is 1.53. The minimum atomic E-state index is -1.05. The van der Waals surface area contributed by atoms with Gasteiger partial charge in [-0.1, -0.05) is 42.5 Å². The maximum absolute atomic E-state index is 13.1. The Hall–Kier alpha value is -3.79. The van der Waals surface area contributed by atoms with Crippen LogP contribution in [-0.2, 0) is 0 Å². The molecule has 0 spiro atoms. The topological polar surface area (TPSA) is 66.8 Å². The second-order valence-electron chi connectivity index (χ2n) is 7.76. The fraction of sp³-hybridized carbons (Fsp3) is 0.115. The smallest absolute Gasteiger partial charge is 0.205 e. The number of ketones is 1. The number of aromatic hydroxyl groups is 2. The van der Waals surface area contributed by atoms with Crippen molar-refractivity contribution in [1.82, 2.24) is 0 Å². The molecule has 150 valence electrons. The average molecular weight is 398 g/mol. The van der Waals surface area contributed by atoms with Gasteiger partial charge in [-0.25, -0.2) is 0 Å². The van der Waals surface area contributed by atoms with Gasteiger partial charge in [0.2, 0.25) is 5.78 Å². The van der Waals surface area contributed by atoms with Gasteiger partial charge in [0, 0.05) is 5.56 Å². The van der Waals surface area contributed by atoms with Gasteiger partial charge in [-0.05, 0) is 78.2 Å². The number of carbonyl (C=O) groups is 1. The molecule has 30 heavy (non-hydrogen) atoms. The lowest BCUT2D eigenvalue weighted by Crippen LogP contribution is -2.38. The molecule has 0 aliphatic rings. The van der Waals surface area contributed by atoms with Gasteiger partial charge < -0.3 is 14.9 Å². The predicted octanol–water partition coefficient (Wildman–Crippen LogP) is 5.96. The molecule has 0 heterocycles. The molecule has 0 aliphatic carbocycles. The van der Waals surface area contributed by atoms with Crippen molar-refractivity contribution in [2.75, 3.05) is 0 Å². The molecular weight excluding hydrogens is 376 g/mol. The Morgan fingerprint density at radius 1 is 0.700 bits per heavy atom. The van der Waals surface area contributed by atoms with Gasteiger partial charge in [-0.15, -0.1) is 0 Å². The van der Waals surface area contributed by atoms with Crippen LogP contribution in [0.25, 0.3) is 21.9 Å². The number of rotatable bonds is 5. The number of fused-ring (bicyclic) bond motifs is 1. The number of carbonyl (C=O) groups excluding carboxylic acids is 1. The largest absolute Gasteiger partial charge is 0.508 e. The van der Waals surface area contributed by atoms with E-state index in [9.17, 15) is 15.0 Å². The number of Topliss-reactive ketones (excluding diaryl/α,β-unsaturated/α-hetero) is 1. The monoisotopic (exact) mass is 398 g/mol. The van der Waals surface area contributed by atoms with E-state index in [1.165, 1.54) is 0 Å². The van der Waals surface area contributed by atoms with Crippen molar-refractivity contribution in [3.63, 3.8) is 0 Å². The zero-order valence-electron chi connectivity index (χ0n) is 16.8. The summed E-state index contributed by atoms with van der Waals surface area (Å²) in [4.78, 5) is 13.1. The average Bonchev–Trinajstić information content (AvgIpc) is 2.74. The third-order valence-electron chi connectivity index (χ3n) is 5.06. The second-order valence-corrected chi connectivity index (χ2v) is 7.76. The number of phenols is 2. The van der Waals surface area contributed by atoms with E-state index in [0.717, 1.165) is 21.9 Å². The molecule has 0 amide bonds. The highest BCUT2D eigenvalue weighted by molar-refractivity contribution is 6.04. The van der Waals surface area contributed by atoms with E-state index in [1.807, 2.05) is 48.5 Å². The molecule has 0 saturated heterocycles. The van der Waals surface area contributed by atoms with E-state index in [-0.39, 0.29) is 17.3 Å². The molecule has 4 nitrogen and oxygen atoms in total. The summed E-state index contributed by atoms with van der Waals surface area (Å²) in [6.45, 7) is 3.51. The molecule has 0 atom stereocenters. The van der Waals surface area contributed by atoms with Gasteiger partial charge in [0.05, 0.1) is 0 Å². The van der Waals surface area contributed by atoms with Gasteiger partial charge in [0.25, 0.3) is 0 Å². The lowest BCUT2D eigenvalue weighted by atomic mass is 9.94. The lowest BCUT2D eigenvalue weighted by Gasteiger charge is -2.25. The normalized spacial score (nSPS) is 11.4. The number of benzene rings is 4. The van der Waals surface area contributed by atoms with Crippen molar-refractivity contribution in [3.8, 4) is 28.4 Å². The zero-order chi connectivity index (χ0) is 21.3. The van der Waals surface area contributed by atoms with Crippen LogP contribution < -0.4 is 4.74 Å². The van der Waals surface area contributed by atoms with Gasteiger partial charge in [-0.2, -0.15) is 0 Å². The van der Waals surface area contributed by atoms with E-state index in [1.54, 1.807) is 50.2 Å². The Labute approximate surface area is 175 Å². The summed E-state index contributed by atoms with van der Waals surface area (Å²) >= 11 is 0. The SMILES string of the molecule is CC(C)(Oc1ccc(-c2ccc(O)cc2)cc1)C(=O)c1ccc2cc(O)ccc2c1. The van der Waals surface area contributed by atoms with Crippen LogP contribution in [0, 0.1) is 0 Å². The van der Waals surface area contributed by atoms with Gasteiger partial charge in [0.15, 0.2) is 5.60 Å².